The van der Waals surface area contributed by atoms with Gasteiger partial charge in [0.05, 0.1) is 16.7 Å². The van der Waals surface area contributed by atoms with Gasteiger partial charge in [-0.15, -0.1) is 0 Å². The van der Waals surface area contributed by atoms with E-state index in [-0.39, 0.29) is 0 Å². The van der Waals surface area contributed by atoms with Gasteiger partial charge in [-0.25, -0.2) is 29.9 Å². The molecule has 8 heteroatoms. The standard InChI is InChI=1S/C43H30N8/c1-27-45-28(2)47-42(46-27)33-18-20-38-35(26-33)34-15-9-10-16-37(34)51(38)39-19-17-32(29-21-23-44-24-22-29)25-36(39)43-49-40(30-11-5-3-6-12-30)48-41(50-43)31-13-7-4-8-14-31/h3-26H,1-2H3. The molecule has 51 heavy (non-hydrogen) atoms. The summed E-state index contributed by atoms with van der Waals surface area (Å²) in [4.78, 5) is 33.3. The Bertz CT molecular complexity index is 2630. The van der Waals surface area contributed by atoms with Gasteiger partial charge in [0, 0.05) is 45.4 Å². The Morgan fingerprint density at radius 1 is 0.392 bits per heavy atom. The summed E-state index contributed by atoms with van der Waals surface area (Å²) in [5.41, 5.74) is 8.77. The predicted molar refractivity (Wildman–Crippen MR) is 202 cm³/mol. The van der Waals surface area contributed by atoms with Gasteiger partial charge in [-0.1, -0.05) is 84.9 Å². The third kappa shape index (κ3) is 5.58. The number of fused-ring (bicyclic) bond motifs is 3. The number of pyridine rings is 1. The average Bonchev–Trinajstić information content (AvgIpc) is 3.51. The normalized spacial score (nSPS) is 11.3. The summed E-state index contributed by atoms with van der Waals surface area (Å²) in [7, 11) is 0. The zero-order chi connectivity index (χ0) is 34.3. The minimum Gasteiger partial charge on any atom is -0.309 e. The van der Waals surface area contributed by atoms with Gasteiger partial charge in [0.15, 0.2) is 23.3 Å². The van der Waals surface area contributed by atoms with Crippen molar-refractivity contribution >= 4 is 21.8 Å². The minimum absolute atomic E-state index is 0.576. The Morgan fingerprint density at radius 2 is 0.961 bits per heavy atom. The molecule has 0 unspecified atom stereocenters. The van der Waals surface area contributed by atoms with Gasteiger partial charge >= 0.3 is 0 Å². The number of benzene rings is 5. The second-order valence-corrected chi connectivity index (χ2v) is 12.3. The Kier molecular flexibility index (Phi) is 7.39. The van der Waals surface area contributed by atoms with E-state index in [0.29, 0.717) is 34.9 Å². The molecule has 0 spiro atoms. The Labute approximate surface area is 294 Å². The van der Waals surface area contributed by atoms with Gasteiger partial charge in [0.2, 0.25) is 0 Å². The number of hydrogen-bond donors (Lipinski definition) is 0. The van der Waals surface area contributed by atoms with Crippen LogP contribution in [-0.4, -0.2) is 39.5 Å². The molecule has 5 aromatic carbocycles. The average molecular weight is 659 g/mol. The highest BCUT2D eigenvalue weighted by Gasteiger charge is 2.21. The van der Waals surface area contributed by atoms with Crippen molar-refractivity contribution in [3.05, 3.63) is 158 Å². The largest absolute Gasteiger partial charge is 0.309 e. The molecule has 0 amide bonds. The van der Waals surface area contributed by atoms with Crippen LogP contribution in [0.15, 0.2) is 146 Å². The first-order valence-corrected chi connectivity index (χ1v) is 16.7. The molecule has 0 aliphatic heterocycles. The van der Waals surface area contributed by atoms with Crippen LogP contribution in [-0.2, 0) is 0 Å². The van der Waals surface area contributed by atoms with Gasteiger partial charge < -0.3 is 4.57 Å². The Balaban J connectivity index is 1.33. The molecule has 0 fully saturated rings. The molecule has 0 aliphatic carbocycles. The zero-order valence-electron chi connectivity index (χ0n) is 27.9. The summed E-state index contributed by atoms with van der Waals surface area (Å²) < 4.78 is 2.30. The van der Waals surface area contributed by atoms with E-state index in [1.165, 1.54) is 0 Å². The van der Waals surface area contributed by atoms with E-state index >= 15 is 0 Å². The van der Waals surface area contributed by atoms with E-state index in [2.05, 4.69) is 85.2 Å². The lowest BCUT2D eigenvalue weighted by Gasteiger charge is -2.16. The number of hydrogen-bond acceptors (Lipinski definition) is 7. The topological polar surface area (TPSA) is 95.2 Å². The molecule has 0 bridgehead atoms. The van der Waals surface area contributed by atoms with Crippen molar-refractivity contribution in [1.82, 2.24) is 39.5 Å². The first kappa shape index (κ1) is 30.2. The van der Waals surface area contributed by atoms with Gasteiger partial charge in [-0.3, -0.25) is 4.98 Å². The van der Waals surface area contributed by atoms with Crippen LogP contribution >= 0.6 is 0 Å². The molecule has 0 atom stereocenters. The molecule has 9 aromatic rings. The van der Waals surface area contributed by atoms with Crippen LogP contribution in [0.1, 0.15) is 11.6 Å². The fourth-order valence-electron chi connectivity index (χ4n) is 6.68. The Hall–Kier alpha value is -6.93. The molecule has 8 nitrogen and oxygen atoms in total. The maximum atomic E-state index is 5.16. The predicted octanol–water partition coefficient (Wildman–Crippen LogP) is 9.50. The van der Waals surface area contributed by atoms with Crippen molar-refractivity contribution < 1.29 is 0 Å². The highest BCUT2D eigenvalue weighted by Crippen LogP contribution is 2.39. The SMILES string of the molecule is Cc1nc(C)nc(-c2ccc3c(c2)c2ccccc2n3-c2ccc(-c3ccncc3)cc2-c2nc(-c3ccccc3)nc(-c3ccccc3)n2)n1. The summed E-state index contributed by atoms with van der Waals surface area (Å²) in [6.07, 6.45) is 3.62. The summed E-state index contributed by atoms with van der Waals surface area (Å²) in [5, 5.41) is 2.21. The first-order valence-electron chi connectivity index (χ1n) is 16.7. The first-order chi connectivity index (χ1) is 25.1. The van der Waals surface area contributed by atoms with E-state index in [0.717, 1.165) is 60.9 Å². The molecular formula is C43H30N8. The van der Waals surface area contributed by atoms with E-state index in [1.807, 2.05) is 99.0 Å². The van der Waals surface area contributed by atoms with Crippen molar-refractivity contribution in [2.24, 2.45) is 0 Å². The molecule has 4 aromatic heterocycles. The maximum Gasteiger partial charge on any atom is 0.166 e. The van der Waals surface area contributed by atoms with E-state index < -0.39 is 0 Å². The van der Waals surface area contributed by atoms with Gasteiger partial charge in [0.1, 0.15) is 11.6 Å². The maximum absolute atomic E-state index is 5.16. The highest BCUT2D eigenvalue weighted by molar-refractivity contribution is 6.10. The van der Waals surface area contributed by atoms with Crippen molar-refractivity contribution in [3.63, 3.8) is 0 Å². The number of aryl methyl sites for hydroxylation is 2. The van der Waals surface area contributed by atoms with Gasteiger partial charge in [0.25, 0.3) is 0 Å². The number of para-hydroxylation sites is 1. The molecule has 0 radical (unpaired) electrons. The zero-order valence-corrected chi connectivity index (χ0v) is 27.9. The van der Waals surface area contributed by atoms with Crippen LogP contribution in [0.3, 0.4) is 0 Å². The smallest absolute Gasteiger partial charge is 0.166 e. The molecule has 242 valence electrons. The number of nitrogens with zero attached hydrogens (tertiary/aromatic N) is 8. The van der Waals surface area contributed by atoms with Crippen LogP contribution in [0.2, 0.25) is 0 Å². The molecule has 0 aliphatic rings. The summed E-state index contributed by atoms with van der Waals surface area (Å²) in [5.74, 6) is 3.84. The van der Waals surface area contributed by atoms with Crippen molar-refractivity contribution in [3.8, 4) is 62.4 Å². The van der Waals surface area contributed by atoms with E-state index in [9.17, 15) is 0 Å². The van der Waals surface area contributed by atoms with Gasteiger partial charge in [-0.05, 0) is 73.5 Å². The fourth-order valence-corrected chi connectivity index (χ4v) is 6.68. The second-order valence-electron chi connectivity index (χ2n) is 12.3. The highest BCUT2D eigenvalue weighted by atomic mass is 15.1. The fraction of sp³-hybridized carbons (Fsp3) is 0.0465. The molecule has 4 heterocycles. The summed E-state index contributed by atoms with van der Waals surface area (Å²) in [6, 6.07) is 45.5. The minimum atomic E-state index is 0.576. The van der Waals surface area contributed by atoms with Crippen LogP contribution in [0.25, 0.3) is 84.2 Å². The van der Waals surface area contributed by atoms with Crippen molar-refractivity contribution in [2.75, 3.05) is 0 Å². The monoisotopic (exact) mass is 658 g/mol. The van der Waals surface area contributed by atoms with E-state index in [1.54, 1.807) is 0 Å². The van der Waals surface area contributed by atoms with Crippen LogP contribution < -0.4 is 0 Å². The quantitative estimate of drug-likeness (QED) is 0.176. The second kappa shape index (κ2) is 12.5. The lowest BCUT2D eigenvalue weighted by atomic mass is 10.0. The molecule has 0 saturated carbocycles. The molecule has 9 rings (SSSR count). The molecule has 0 saturated heterocycles. The van der Waals surface area contributed by atoms with E-state index in [4.69, 9.17) is 15.0 Å². The van der Waals surface area contributed by atoms with Gasteiger partial charge in [-0.2, -0.15) is 0 Å². The lowest BCUT2D eigenvalue weighted by Crippen LogP contribution is -2.04. The lowest BCUT2D eigenvalue weighted by molar-refractivity contribution is 0.929. The number of rotatable bonds is 6. The molecule has 0 N–H and O–H groups in total. The van der Waals surface area contributed by atoms with Crippen molar-refractivity contribution in [1.29, 1.82) is 0 Å². The van der Waals surface area contributed by atoms with Crippen LogP contribution in [0, 0.1) is 13.8 Å². The number of aromatic nitrogens is 8. The molecular weight excluding hydrogens is 629 g/mol. The summed E-state index contributed by atoms with van der Waals surface area (Å²) >= 11 is 0. The van der Waals surface area contributed by atoms with Crippen LogP contribution in [0.5, 0.6) is 0 Å². The third-order valence-electron chi connectivity index (χ3n) is 8.98. The van der Waals surface area contributed by atoms with Crippen LogP contribution in [0.4, 0.5) is 0 Å². The third-order valence-corrected chi connectivity index (χ3v) is 8.98. The van der Waals surface area contributed by atoms with Crippen molar-refractivity contribution in [2.45, 2.75) is 13.8 Å². The Morgan fingerprint density at radius 3 is 1.65 bits per heavy atom. The summed E-state index contributed by atoms with van der Waals surface area (Å²) in [6.45, 7) is 3.79.